The predicted molar refractivity (Wildman–Crippen MR) is 139 cm³/mol. The summed E-state index contributed by atoms with van der Waals surface area (Å²) in [6.07, 6.45) is 6.54. The fraction of sp³-hybridized carbons (Fsp3) is 0. The van der Waals surface area contributed by atoms with Crippen molar-refractivity contribution in [2.45, 2.75) is 0 Å². The first-order valence-electron chi connectivity index (χ1n) is 11.4. The maximum atomic E-state index is 11.7. The minimum absolute atomic E-state index is 0. The van der Waals surface area contributed by atoms with Crippen molar-refractivity contribution in [3.05, 3.63) is 110 Å². The van der Waals surface area contributed by atoms with E-state index in [0.29, 0.717) is 44.8 Å². The maximum absolute atomic E-state index is 11.7. The third-order valence-corrected chi connectivity index (χ3v) is 5.24. The first-order chi connectivity index (χ1) is 18.7. The molecule has 2 aromatic carbocycles. The molecule has 4 heterocycles. The van der Waals surface area contributed by atoms with E-state index in [-0.39, 0.29) is 28.6 Å². The Balaban J connectivity index is 0.000000176. The summed E-state index contributed by atoms with van der Waals surface area (Å²) in [7, 11) is 0. The molecule has 10 nitrogen and oxygen atoms in total. The molecule has 191 valence electrons. The van der Waals surface area contributed by atoms with Gasteiger partial charge in [0.25, 0.3) is 0 Å². The molecule has 0 saturated carbocycles. The Labute approximate surface area is 233 Å². The summed E-state index contributed by atoms with van der Waals surface area (Å²) in [6, 6.07) is 23.9. The van der Waals surface area contributed by atoms with Crippen LogP contribution in [0.25, 0.3) is 21.8 Å². The van der Waals surface area contributed by atoms with Crippen molar-refractivity contribution in [3.8, 4) is 11.5 Å². The molecule has 0 bridgehead atoms. The number of hydrogen-bond acceptors (Lipinski definition) is 10. The molecule has 0 saturated heterocycles. The van der Waals surface area contributed by atoms with E-state index in [1.54, 1.807) is 73.3 Å². The Bertz CT molecular complexity index is 1620. The molecule has 39 heavy (non-hydrogen) atoms. The van der Waals surface area contributed by atoms with E-state index in [0.717, 1.165) is 0 Å². The summed E-state index contributed by atoms with van der Waals surface area (Å²) in [5.74, 6) is 0.885. The molecule has 11 heteroatoms. The van der Waals surface area contributed by atoms with Gasteiger partial charge in [-0.1, -0.05) is 47.9 Å². The van der Waals surface area contributed by atoms with Gasteiger partial charge in [-0.2, -0.15) is 0 Å². The van der Waals surface area contributed by atoms with Crippen molar-refractivity contribution in [3.63, 3.8) is 0 Å². The van der Waals surface area contributed by atoms with Gasteiger partial charge in [-0.25, -0.2) is 9.97 Å². The van der Waals surface area contributed by atoms with Gasteiger partial charge in [0, 0.05) is 41.9 Å². The molecular formula is C28H18MnN8O2-2. The summed E-state index contributed by atoms with van der Waals surface area (Å²) in [6.45, 7) is 0. The zero-order valence-electron chi connectivity index (χ0n) is 20.2. The molecular weight excluding hydrogens is 535 g/mol. The Hall–Kier alpha value is -5.12. The van der Waals surface area contributed by atoms with Crippen LogP contribution < -0.4 is 10.2 Å². The number of pyridine rings is 4. The van der Waals surface area contributed by atoms with Crippen molar-refractivity contribution in [2.75, 3.05) is 0 Å². The van der Waals surface area contributed by atoms with E-state index in [1.165, 1.54) is 12.1 Å². The van der Waals surface area contributed by atoms with E-state index in [9.17, 15) is 10.2 Å². The van der Waals surface area contributed by atoms with Crippen LogP contribution in [0.5, 0.6) is 11.5 Å². The fourth-order valence-electron chi connectivity index (χ4n) is 3.46. The number of fused-ring (bicyclic) bond motifs is 2. The average molecular weight is 553 g/mol. The molecule has 1 radical (unpaired) electrons. The van der Waals surface area contributed by atoms with Crippen molar-refractivity contribution in [2.24, 2.45) is 20.5 Å². The minimum Gasteiger partial charge on any atom is -0.872 e. The van der Waals surface area contributed by atoms with Gasteiger partial charge in [0.15, 0.2) is 11.6 Å². The third-order valence-electron chi connectivity index (χ3n) is 5.24. The van der Waals surface area contributed by atoms with Crippen LogP contribution in [0.4, 0.5) is 23.0 Å². The van der Waals surface area contributed by atoms with E-state index < -0.39 is 0 Å². The molecule has 0 spiro atoms. The molecule has 0 amide bonds. The smallest absolute Gasteiger partial charge is 0.174 e. The van der Waals surface area contributed by atoms with E-state index in [2.05, 4.69) is 40.4 Å². The normalized spacial score (nSPS) is 10.9. The second-order valence-electron chi connectivity index (χ2n) is 7.74. The summed E-state index contributed by atoms with van der Waals surface area (Å²) >= 11 is 0. The van der Waals surface area contributed by atoms with Crippen LogP contribution in [-0.2, 0) is 17.1 Å². The minimum atomic E-state index is -0.0695. The van der Waals surface area contributed by atoms with Crippen LogP contribution in [0.3, 0.4) is 0 Å². The number of hydrogen-bond donors (Lipinski definition) is 0. The molecule has 0 aliphatic heterocycles. The van der Waals surface area contributed by atoms with Crippen LogP contribution in [0.1, 0.15) is 0 Å². The van der Waals surface area contributed by atoms with Crippen LogP contribution in [0.15, 0.2) is 130 Å². The fourth-order valence-corrected chi connectivity index (χ4v) is 3.46. The average Bonchev–Trinajstić information content (AvgIpc) is 2.98. The van der Waals surface area contributed by atoms with Crippen LogP contribution in [0.2, 0.25) is 0 Å². The van der Waals surface area contributed by atoms with Crippen molar-refractivity contribution >= 4 is 44.8 Å². The van der Waals surface area contributed by atoms with Gasteiger partial charge in [0.2, 0.25) is 0 Å². The number of azo groups is 2. The Morgan fingerprint density at radius 2 is 0.872 bits per heavy atom. The summed E-state index contributed by atoms with van der Waals surface area (Å²) in [5.41, 5.74) is 2.21. The van der Waals surface area contributed by atoms with E-state index in [4.69, 9.17) is 0 Å². The zero-order valence-corrected chi connectivity index (χ0v) is 21.3. The summed E-state index contributed by atoms with van der Waals surface area (Å²) in [4.78, 5) is 16.5. The van der Waals surface area contributed by atoms with Crippen LogP contribution in [-0.4, -0.2) is 19.9 Å². The Morgan fingerprint density at radius 3 is 1.28 bits per heavy atom. The zero-order chi connectivity index (χ0) is 26.2. The number of aromatic nitrogens is 4. The molecule has 0 aliphatic rings. The topological polar surface area (TPSA) is 147 Å². The van der Waals surface area contributed by atoms with Crippen molar-refractivity contribution in [1.29, 1.82) is 0 Å². The molecule has 0 fully saturated rings. The van der Waals surface area contributed by atoms with Crippen LogP contribution in [0, 0.1) is 0 Å². The first kappa shape index (κ1) is 26.9. The van der Waals surface area contributed by atoms with Gasteiger partial charge in [0.05, 0.1) is 11.0 Å². The number of benzene rings is 2. The molecule has 6 aromatic rings. The van der Waals surface area contributed by atoms with Crippen molar-refractivity contribution in [1.82, 2.24) is 19.9 Å². The third kappa shape index (κ3) is 6.61. The number of nitrogens with zero attached hydrogens (tertiary/aromatic N) is 8. The molecule has 0 atom stereocenters. The first-order valence-corrected chi connectivity index (χ1v) is 11.4. The second-order valence-corrected chi connectivity index (χ2v) is 7.74. The maximum Gasteiger partial charge on any atom is 0.174 e. The summed E-state index contributed by atoms with van der Waals surface area (Å²) in [5, 5.41) is 40.7. The molecule has 0 aliphatic carbocycles. The van der Waals surface area contributed by atoms with E-state index in [1.807, 2.05) is 24.3 Å². The van der Waals surface area contributed by atoms with Gasteiger partial charge in [-0.15, -0.1) is 20.5 Å². The summed E-state index contributed by atoms with van der Waals surface area (Å²) < 4.78 is 0. The van der Waals surface area contributed by atoms with Crippen LogP contribution >= 0.6 is 0 Å². The van der Waals surface area contributed by atoms with E-state index >= 15 is 0 Å². The van der Waals surface area contributed by atoms with Gasteiger partial charge in [-0.05, 0) is 59.3 Å². The molecule has 6 rings (SSSR count). The predicted octanol–water partition coefficient (Wildman–Crippen LogP) is 6.24. The monoisotopic (exact) mass is 553 g/mol. The molecule has 4 aromatic heterocycles. The van der Waals surface area contributed by atoms with Crippen molar-refractivity contribution < 1.29 is 27.3 Å². The van der Waals surface area contributed by atoms with Gasteiger partial charge in [-0.3, -0.25) is 9.97 Å². The second kappa shape index (κ2) is 12.9. The number of rotatable bonds is 4. The van der Waals surface area contributed by atoms with Gasteiger partial charge >= 0.3 is 0 Å². The SMILES string of the molecule is [Mn].[O-]c1ccc(N=Nc2ccccn2)c2ncccc12.[O-]c1ccc(N=Nc2ccccn2)c2ncccc12. The quantitative estimate of drug-likeness (QED) is 0.187. The van der Waals surface area contributed by atoms with Gasteiger partial charge in [0.1, 0.15) is 11.4 Å². The molecule has 0 unspecified atom stereocenters. The Kier molecular flexibility index (Phi) is 8.91. The standard InChI is InChI=1S/2C14H10N4O.Mn/c2*19-12-7-6-11(14-10(12)4-3-9-16-14)17-18-13-5-1-2-8-15-13;/h2*1-9,19H;/p-2. The largest absolute Gasteiger partial charge is 0.872 e. The van der Waals surface area contributed by atoms with Gasteiger partial charge < -0.3 is 10.2 Å². The molecule has 0 N–H and O–H groups in total. The Morgan fingerprint density at radius 1 is 0.436 bits per heavy atom.